The topological polar surface area (TPSA) is 37.4 Å². The van der Waals surface area contributed by atoms with E-state index in [4.69, 9.17) is 0 Å². The number of rotatable bonds is 5. The van der Waals surface area contributed by atoms with Gasteiger partial charge in [0.15, 0.2) is 0 Å². The Morgan fingerprint density at radius 3 is 2.25 bits per heavy atom. The molecule has 0 atom stereocenters. The molecule has 0 bridgehead atoms. The highest BCUT2D eigenvalue weighted by Gasteiger charge is 2.17. The Hall–Kier alpha value is -1.55. The summed E-state index contributed by atoms with van der Waals surface area (Å²) >= 11 is 0. The van der Waals surface area contributed by atoms with E-state index < -0.39 is 10.0 Å². The Kier molecular flexibility index (Phi) is 3.90. The minimum atomic E-state index is -3.46. The van der Waals surface area contributed by atoms with Crippen LogP contribution in [0.1, 0.15) is 5.56 Å². The Labute approximate surface area is 96.8 Å². The van der Waals surface area contributed by atoms with Crippen molar-refractivity contribution >= 4 is 15.7 Å². The van der Waals surface area contributed by atoms with Crippen LogP contribution in [0, 0.1) is 6.92 Å². The molecular formula is C12H15NO2S. The molecule has 0 N–H and O–H groups in total. The Balaban J connectivity index is 3.17. The van der Waals surface area contributed by atoms with Gasteiger partial charge < -0.3 is 0 Å². The molecule has 0 aliphatic rings. The third-order valence-corrected chi connectivity index (χ3v) is 3.53. The molecule has 0 aliphatic carbocycles. The summed E-state index contributed by atoms with van der Waals surface area (Å²) < 4.78 is 24.7. The number of sulfonamides is 1. The second kappa shape index (κ2) is 4.99. The predicted octanol–water partition coefficient (Wildman–Crippen LogP) is 2.46. The van der Waals surface area contributed by atoms with Gasteiger partial charge in [0.25, 0.3) is 10.0 Å². The van der Waals surface area contributed by atoms with E-state index in [-0.39, 0.29) is 6.54 Å². The number of hydrogen-bond acceptors (Lipinski definition) is 2. The highest BCUT2D eigenvalue weighted by Crippen LogP contribution is 2.19. The lowest BCUT2D eigenvalue weighted by Crippen LogP contribution is -2.29. The van der Waals surface area contributed by atoms with Gasteiger partial charge in [-0.25, -0.2) is 8.42 Å². The molecule has 0 aromatic heterocycles. The van der Waals surface area contributed by atoms with E-state index >= 15 is 0 Å². The summed E-state index contributed by atoms with van der Waals surface area (Å²) in [6.07, 6.45) is 1.54. The van der Waals surface area contributed by atoms with Gasteiger partial charge in [0.2, 0.25) is 0 Å². The monoisotopic (exact) mass is 237 g/mol. The fourth-order valence-electron chi connectivity index (χ4n) is 1.27. The van der Waals surface area contributed by atoms with Gasteiger partial charge in [-0.15, -0.1) is 6.58 Å². The normalized spacial score (nSPS) is 10.8. The van der Waals surface area contributed by atoms with E-state index in [2.05, 4.69) is 13.2 Å². The van der Waals surface area contributed by atoms with Gasteiger partial charge in [-0.2, -0.15) is 0 Å². The maximum Gasteiger partial charge on any atom is 0.257 e. The quantitative estimate of drug-likeness (QED) is 0.738. The largest absolute Gasteiger partial charge is 0.263 e. The van der Waals surface area contributed by atoms with Crippen molar-refractivity contribution in [1.29, 1.82) is 0 Å². The van der Waals surface area contributed by atoms with Gasteiger partial charge in [-0.3, -0.25) is 4.31 Å². The molecule has 0 unspecified atom stereocenters. The molecule has 1 aromatic carbocycles. The lowest BCUT2D eigenvalue weighted by Gasteiger charge is -2.20. The van der Waals surface area contributed by atoms with Gasteiger partial charge in [-0.05, 0) is 19.1 Å². The molecule has 0 saturated carbocycles. The lowest BCUT2D eigenvalue weighted by atomic mass is 10.2. The maximum absolute atomic E-state index is 11.7. The van der Waals surface area contributed by atoms with Gasteiger partial charge in [0.1, 0.15) is 0 Å². The number of hydrogen-bond donors (Lipinski definition) is 0. The molecule has 0 amide bonds. The van der Waals surface area contributed by atoms with E-state index in [1.54, 1.807) is 18.2 Å². The molecule has 4 heteroatoms. The van der Waals surface area contributed by atoms with Crippen LogP contribution in [-0.4, -0.2) is 15.0 Å². The standard InChI is InChI=1S/C12H15NO2S/c1-4-10-13(16(14,15)5-2)12-8-6-11(3)7-9-12/h4-9H,1-2,10H2,3H3. The van der Waals surface area contributed by atoms with Crippen LogP contribution in [0.2, 0.25) is 0 Å². The van der Waals surface area contributed by atoms with Crippen molar-refractivity contribution in [2.24, 2.45) is 0 Å². The minimum absolute atomic E-state index is 0.234. The van der Waals surface area contributed by atoms with Crippen molar-refractivity contribution < 1.29 is 8.42 Å². The second-order valence-electron chi connectivity index (χ2n) is 3.37. The molecule has 1 aromatic rings. The average Bonchev–Trinajstić information content (AvgIpc) is 2.27. The van der Waals surface area contributed by atoms with Crippen molar-refractivity contribution in [3.63, 3.8) is 0 Å². The highest BCUT2D eigenvalue weighted by atomic mass is 32.2. The molecule has 0 saturated heterocycles. The van der Waals surface area contributed by atoms with E-state index in [1.165, 1.54) is 4.31 Å². The molecule has 86 valence electrons. The Bertz CT molecular complexity index is 474. The number of benzene rings is 1. The van der Waals surface area contributed by atoms with Gasteiger partial charge in [0, 0.05) is 5.41 Å². The summed E-state index contributed by atoms with van der Waals surface area (Å²) in [5.74, 6) is 0. The molecule has 0 radical (unpaired) electrons. The fraction of sp³-hybridized carbons (Fsp3) is 0.167. The Morgan fingerprint density at radius 2 is 1.81 bits per heavy atom. The third kappa shape index (κ3) is 2.73. The lowest BCUT2D eigenvalue weighted by molar-refractivity contribution is 0.601. The minimum Gasteiger partial charge on any atom is -0.263 e. The van der Waals surface area contributed by atoms with Crippen molar-refractivity contribution in [1.82, 2.24) is 0 Å². The smallest absolute Gasteiger partial charge is 0.257 e. The maximum atomic E-state index is 11.7. The summed E-state index contributed by atoms with van der Waals surface area (Å²) in [5.41, 5.74) is 1.70. The number of anilines is 1. The summed E-state index contributed by atoms with van der Waals surface area (Å²) in [4.78, 5) is 0. The van der Waals surface area contributed by atoms with Crippen LogP contribution in [0.4, 0.5) is 5.69 Å². The zero-order valence-corrected chi connectivity index (χ0v) is 10.1. The van der Waals surface area contributed by atoms with Crippen LogP contribution in [0.15, 0.2) is 48.9 Å². The van der Waals surface area contributed by atoms with Crippen molar-refractivity contribution in [2.45, 2.75) is 6.92 Å². The first-order valence-corrected chi connectivity index (χ1v) is 6.34. The van der Waals surface area contributed by atoms with Crippen molar-refractivity contribution in [3.8, 4) is 0 Å². The van der Waals surface area contributed by atoms with E-state index in [0.717, 1.165) is 11.0 Å². The average molecular weight is 237 g/mol. The van der Waals surface area contributed by atoms with Crippen LogP contribution < -0.4 is 4.31 Å². The zero-order chi connectivity index (χ0) is 12.2. The zero-order valence-electron chi connectivity index (χ0n) is 9.26. The summed E-state index contributed by atoms with van der Waals surface area (Å²) in [6, 6.07) is 7.26. The molecule has 1 rings (SSSR count). The first-order valence-electron chi connectivity index (χ1n) is 4.84. The summed E-state index contributed by atoms with van der Waals surface area (Å²) in [5, 5.41) is 0.941. The van der Waals surface area contributed by atoms with Gasteiger partial charge >= 0.3 is 0 Å². The molecular weight excluding hydrogens is 222 g/mol. The fourth-order valence-corrected chi connectivity index (χ4v) is 2.18. The molecule has 0 aliphatic heterocycles. The van der Waals surface area contributed by atoms with E-state index in [9.17, 15) is 8.42 Å². The van der Waals surface area contributed by atoms with Crippen LogP contribution in [0.3, 0.4) is 0 Å². The second-order valence-corrected chi connectivity index (χ2v) is 5.17. The van der Waals surface area contributed by atoms with Crippen LogP contribution in [-0.2, 0) is 10.0 Å². The number of nitrogens with zero attached hydrogens (tertiary/aromatic N) is 1. The molecule has 0 fully saturated rings. The van der Waals surface area contributed by atoms with E-state index in [0.29, 0.717) is 5.69 Å². The Morgan fingerprint density at radius 1 is 1.25 bits per heavy atom. The molecule has 0 heterocycles. The highest BCUT2D eigenvalue weighted by molar-refractivity contribution is 7.95. The third-order valence-electron chi connectivity index (χ3n) is 2.13. The molecule has 16 heavy (non-hydrogen) atoms. The summed E-state index contributed by atoms with van der Waals surface area (Å²) in [7, 11) is -3.46. The van der Waals surface area contributed by atoms with Gasteiger partial charge in [-0.1, -0.05) is 30.4 Å². The summed E-state index contributed by atoms with van der Waals surface area (Å²) in [6.45, 7) is 9.05. The molecule has 0 spiro atoms. The predicted molar refractivity (Wildman–Crippen MR) is 67.8 cm³/mol. The molecule has 3 nitrogen and oxygen atoms in total. The van der Waals surface area contributed by atoms with Crippen LogP contribution in [0.5, 0.6) is 0 Å². The van der Waals surface area contributed by atoms with Crippen molar-refractivity contribution in [3.05, 3.63) is 54.5 Å². The van der Waals surface area contributed by atoms with Crippen LogP contribution in [0.25, 0.3) is 0 Å². The first-order chi connectivity index (χ1) is 7.51. The SMILES string of the molecule is C=CCN(c1ccc(C)cc1)S(=O)(=O)C=C. The first kappa shape index (κ1) is 12.5. The van der Waals surface area contributed by atoms with Crippen molar-refractivity contribution in [2.75, 3.05) is 10.8 Å². The van der Waals surface area contributed by atoms with Crippen LogP contribution >= 0.6 is 0 Å². The number of aryl methyl sites for hydroxylation is 1. The van der Waals surface area contributed by atoms with E-state index in [1.807, 2.05) is 19.1 Å². The van der Waals surface area contributed by atoms with Gasteiger partial charge in [0.05, 0.1) is 12.2 Å².